The second-order valence-corrected chi connectivity index (χ2v) is 10.4. The fourth-order valence-electron chi connectivity index (χ4n) is 6.08. The van der Waals surface area contributed by atoms with Crippen LogP contribution in [0.4, 0.5) is 5.88 Å². The van der Waals surface area contributed by atoms with Crippen LogP contribution in [0, 0.1) is 27.9 Å². The highest BCUT2D eigenvalue weighted by molar-refractivity contribution is 7.10. The molecule has 4 aliphatic rings. The monoisotopic (exact) mass is 505 g/mol. The lowest BCUT2D eigenvalue weighted by Crippen LogP contribution is -2.58. The normalized spacial score (nSPS) is 27.4. The Morgan fingerprint density at radius 1 is 1.06 bits per heavy atom. The van der Waals surface area contributed by atoms with Gasteiger partial charge >= 0.3 is 5.88 Å². The van der Waals surface area contributed by atoms with Gasteiger partial charge in [-0.15, -0.1) is 11.3 Å². The Morgan fingerprint density at radius 2 is 1.81 bits per heavy atom. The van der Waals surface area contributed by atoms with Crippen LogP contribution in [0.15, 0.2) is 64.4 Å². The summed E-state index contributed by atoms with van der Waals surface area (Å²) >= 11 is 1.58. The molecule has 3 aliphatic heterocycles. The molecule has 2 aromatic heterocycles. The van der Waals surface area contributed by atoms with Crippen molar-refractivity contribution in [1.82, 2.24) is 9.80 Å². The SMILES string of the molecule is CN1C(=O)C2C(C1=O)C1C=C(c3ccc(CO)cc3)C2C(c2cccs2)N1Cc1ccc([N+](=O)[O-])o1. The first-order valence-electron chi connectivity index (χ1n) is 11.6. The molecule has 184 valence electrons. The van der Waals surface area contributed by atoms with E-state index in [4.69, 9.17) is 4.42 Å². The first kappa shape index (κ1) is 22.8. The predicted octanol–water partition coefficient (Wildman–Crippen LogP) is 3.61. The van der Waals surface area contributed by atoms with Gasteiger partial charge in [-0.2, -0.15) is 0 Å². The zero-order chi connectivity index (χ0) is 25.1. The summed E-state index contributed by atoms with van der Waals surface area (Å²) in [7, 11) is 1.54. The summed E-state index contributed by atoms with van der Waals surface area (Å²) in [4.78, 5) is 41.7. The third kappa shape index (κ3) is 3.36. The molecule has 1 aromatic carbocycles. The summed E-state index contributed by atoms with van der Waals surface area (Å²) in [6.07, 6.45) is 2.07. The molecule has 2 fully saturated rings. The Balaban J connectivity index is 1.50. The number of carbonyl (C=O) groups excluding carboxylic acids is 2. The summed E-state index contributed by atoms with van der Waals surface area (Å²) in [6, 6.07) is 13.9. The zero-order valence-corrected chi connectivity index (χ0v) is 20.1. The summed E-state index contributed by atoms with van der Waals surface area (Å²) in [5, 5.41) is 22.6. The number of aliphatic hydroxyl groups is 1. The smallest absolute Gasteiger partial charge is 0.404 e. The molecule has 1 N–H and O–H groups in total. The number of carbonyl (C=O) groups is 2. The van der Waals surface area contributed by atoms with Crippen molar-refractivity contribution in [2.24, 2.45) is 17.8 Å². The molecule has 3 aromatic rings. The topological polar surface area (TPSA) is 117 Å². The van der Waals surface area contributed by atoms with Gasteiger partial charge in [-0.25, -0.2) is 0 Å². The van der Waals surface area contributed by atoms with E-state index in [-0.39, 0.29) is 42.8 Å². The molecule has 5 atom stereocenters. The lowest BCUT2D eigenvalue weighted by molar-refractivity contribution is -0.402. The van der Waals surface area contributed by atoms with E-state index in [0.29, 0.717) is 5.76 Å². The predicted molar refractivity (Wildman–Crippen MR) is 130 cm³/mol. The van der Waals surface area contributed by atoms with Crippen LogP contribution in [0.3, 0.4) is 0 Å². The van der Waals surface area contributed by atoms with E-state index >= 15 is 0 Å². The van der Waals surface area contributed by atoms with Gasteiger partial charge in [0, 0.05) is 23.9 Å². The van der Waals surface area contributed by atoms with Crippen molar-refractivity contribution < 1.29 is 24.0 Å². The number of rotatable bonds is 6. The number of thiophene rings is 1. The molecule has 2 bridgehead atoms. The third-order valence-corrected chi connectivity index (χ3v) is 8.58. The van der Waals surface area contributed by atoms with Crippen molar-refractivity contribution >= 4 is 34.6 Å². The molecule has 1 aliphatic carbocycles. The number of hydrogen-bond donors (Lipinski definition) is 1. The van der Waals surface area contributed by atoms with Crippen molar-refractivity contribution in [3.8, 4) is 0 Å². The van der Waals surface area contributed by atoms with Crippen LogP contribution in [-0.4, -0.2) is 44.7 Å². The minimum Gasteiger partial charge on any atom is -0.404 e. The van der Waals surface area contributed by atoms with Crippen molar-refractivity contribution in [2.45, 2.75) is 25.2 Å². The third-order valence-electron chi connectivity index (χ3n) is 7.63. The highest BCUT2D eigenvalue weighted by Gasteiger charge is 2.63. The Bertz CT molecular complexity index is 1380. The number of fused-ring (bicyclic) bond motifs is 1. The average molecular weight is 506 g/mol. The van der Waals surface area contributed by atoms with Crippen LogP contribution in [-0.2, 0) is 22.7 Å². The largest absolute Gasteiger partial charge is 0.433 e. The summed E-state index contributed by atoms with van der Waals surface area (Å²) in [6.45, 7) is 0.202. The number of likely N-dealkylation sites (tertiary alicyclic amines) is 1. The van der Waals surface area contributed by atoms with Crippen LogP contribution in [0.2, 0.25) is 0 Å². The van der Waals surface area contributed by atoms with Crippen molar-refractivity contribution in [3.05, 3.63) is 91.9 Å². The molecule has 2 saturated heterocycles. The lowest BCUT2D eigenvalue weighted by atomic mass is 9.61. The number of benzene rings is 1. The molecule has 7 rings (SSSR count). The second kappa shape index (κ2) is 8.51. The maximum Gasteiger partial charge on any atom is 0.433 e. The van der Waals surface area contributed by atoms with E-state index < -0.39 is 22.8 Å². The van der Waals surface area contributed by atoms with Gasteiger partial charge in [0.15, 0.2) is 0 Å². The molecule has 0 spiro atoms. The quantitative estimate of drug-likeness (QED) is 0.309. The molecule has 10 heteroatoms. The molecule has 2 amide bonds. The minimum absolute atomic E-state index is 0.0608. The van der Waals surface area contributed by atoms with E-state index in [1.54, 1.807) is 24.5 Å². The standard InChI is InChI=1S/C26H23N3O6S/c1-27-25(31)22-18-11-17(15-6-4-14(13-30)5-7-15)21(23(22)26(27)32)24(19-3-2-10-36-19)28(18)12-16-8-9-20(35-16)29(33)34/h2-11,18,21-24,30H,12-13H2,1H3. The number of imide groups is 1. The number of amides is 2. The number of nitro groups is 1. The second-order valence-electron chi connectivity index (χ2n) is 9.41. The summed E-state index contributed by atoms with van der Waals surface area (Å²) < 4.78 is 5.49. The molecule has 5 unspecified atom stereocenters. The van der Waals surface area contributed by atoms with Gasteiger partial charge in [0.25, 0.3) is 0 Å². The number of hydrogen-bond acceptors (Lipinski definition) is 8. The van der Waals surface area contributed by atoms with Gasteiger partial charge in [0.2, 0.25) is 11.8 Å². The van der Waals surface area contributed by atoms with E-state index in [2.05, 4.69) is 11.0 Å². The number of piperidine rings is 1. The highest BCUT2D eigenvalue weighted by Crippen LogP contribution is 2.59. The fraction of sp³-hybridized carbons (Fsp3) is 0.308. The van der Waals surface area contributed by atoms with E-state index in [1.165, 1.54) is 11.0 Å². The van der Waals surface area contributed by atoms with E-state index in [1.807, 2.05) is 41.8 Å². The number of furan rings is 1. The van der Waals surface area contributed by atoms with Crippen LogP contribution in [0.25, 0.3) is 5.57 Å². The number of nitrogens with zero attached hydrogens (tertiary/aromatic N) is 3. The molecule has 36 heavy (non-hydrogen) atoms. The van der Waals surface area contributed by atoms with Crippen LogP contribution in [0.5, 0.6) is 0 Å². The molecular formula is C26H23N3O6S. The Hall–Kier alpha value is -3.60. The minimum atomic E-state index is -0.569. The average Bonchev–Trinajstić information content (AvgIpc) is 3.63. The number of aliphatic hydroxyl groups excluding tert-OH is 1. The van der Waals surface area contributed by atoms with Crippen LogP contribution < -0.4 is 0 Å². The van der Waals surface area contributed by atoms with Crippen molar-refractivity contribution in [3.63, 3.8) is 0 Å². The lowest BCUT2D eigenvalue weighted by Gasteiger charge is -2.54. The van der Waals surface area contributed by atoms with Gasteiger partial charge in [0.1, 0.15) is 10.7 Å². The molecule has 0 radical (unpaired) electrons. The maximum absolute atomic E-state index is 13.4. The van der Waals surface area contributed by atoms with Gasteiger partial charge in [-0.1, -0.05) is 36.4 Å². The summed E-state index contributed by atoms with van der Waals surface area (Å²) in [5.74, 6) is -1.61. The van der Waals surface area contributed by atoms with Crippen LogP contribution in [0.1, 0.15) is 27.8 Å². The van der Waals surface area contributed by atoms with Gasteiger partial charge in [-0.3, -0.25) is 29.5 Å². The van der Waals surface area contributed by atoms with Gasteiger partial charge in [-0.05, 0) is 34.2 Å². The van der Waals surface area contributed by atoms with E-state index in [9.17, 15) is 24.8 Å². The van der Waals surface area contributed by atoms with Crippen molar-refractivity contribution in [2.75, 3.05) is 7.05 Å². The first-order chi connectivity index (χ1) is 17.4. The van der Waals surface area contributed by atoms with Gasteiger partial charge in [0.05, 0.1) is 37.1 Å². The highest BCUT2D eigenvalue weighted by atomic mass is 32.1. The Morgan fingerprint density at radius 3 is 2.44 bits per heavy atom. The molecule has 5 heterocycles. The first-order valence-corrected chi connectivity index (χ1v) is 12.5. The van der Waals surface area contributed by atoms with Gasteiger partial charge < -0.3 is 9.52 Å². The molecule has 0 saturated carbocycles. The van der Waals surface area contributed by atoms with E-state index in [0.717, 1.165) is 21.6 Å². The zero-order valence-electron chi connectivity index (χ0n) is 19.3. The van der Waals surface area contributed by atoms with Crippen molar-refractivity contribution in [1.29, 1.82) is 0 Å². The Labute approximate surface area is 210 Å². The summed E-state index contributed by atoms with van der Waals surface area (Å²) in [5.41, 5.74) is 2.74. The fourth-order valence-corrected chi connectivity index (χ4v) is 6.97. The molecule has 9 nitrogen and oxygen atoms in total. The van der Waals surface area contributed by atoms with Crippen LogP contribution >= 0.6 is 11.3 Å². The maximum atomic E-state index is 13.4. The molecular weight excluding hydrogens is 482 g/mol. The Kier molecular flexibility index (Phi) is 5.40.